The van der Waals surface area contributed by atoms with Crippen LogP contribution < -0.4 is 5.32 Å². The van der Waals surface area contributed by atoms with Crippen LogP contribution in [0.15, 0.2) is 47.4 Å². The van der Waals surface area contributed by atoms with Crippen molar-refractivity contribution in [2.24, 2.45) is 0 Å². The minimum atomic E-state index is -6.43. The van der Waals surface area contributed by atoms with Crippen molar-refractivity contribution in [2.75, 3.05) is 25.5 Å². The molecule has 17 heteroatoms. The average molecular weight is 644 g/mol. The maximum absolute atomic E-state index is 14.9. The number of carbonyl (C=O) groups is 2. The summed E-state index contributed by atoms with van der Waals surface area (Å²) in [4.78, 5) is 26.9. The Morgan fingerprint density at radius 1 is 1.02 bits per heavy atom. The number of halogens is 9. The number of alkyl halides is 8. The van der Waals surface area contributed by atoms with Crippen molar-refractivity contribution in [3.05, 3.63) is 59.4 Å². The lowest BCUT2D eigenvalue weighted by atomic mass is 9.83. The van der Waals surface area contributed by atoms with Crippen LogP contribution in [0.3, 0.4) is 0 Å². The number of hydrogen-bond acceptors (Lipinski definition) is 5. The van der Waals surface area contributed by atoms with Gasteiger partial charge in [0.05, 0.1) is 10.9 Å². The van der Waals surface area contributed by atoms with E-state index in [0.29, 0.717) is 12.1 Å². The van der Waals surface area contributed by atoms with E-state index >= 15 is 0 Å². The summed E-state index contributed by atoms with van der Waals surface area (Å²) in [7, 11) is -3.61. The van der Waals surface area contributed by atoms with Gasteiger partial charge in [-0.3, -0.25) is 9.59 Å². The summed E-state index contributed by atoms with van der Waals surface area (Å²) in [5.74, 6) is -2.78. The number of hydrogen-bond donors (Lipinski definition) is 1. The van der Waals surface area contributed by atoms with E-state index in [1.54, 1.807) is 0 Å². The molecule has 2 saturated heterocycles. The van der Waals surface area contributed by atoms with Gasteiger partial charge in [-0.1, -0.05) is 18.2 Å². The molecule has 0 radical (unpaired) electrons. The van der Waals surface area contributed by atoms with Crippen molar-refractivity contribution in [3.8, 4) is 0 Å². The van der Waals surface area contributed by atoms with Gasteiger partial charge in [-0.15, -0.1) is 0 Å². The maximum Gasteiger partial charge on any atom is 0.435 e. The van der Waals surface area contributed by atoms with Gasteiger partial charge in [0.2, 0.25) is 5.91 Å². The van der Waals surface area contributed by atoms with Crippen LogP contribution in [0.1, 0.15) is 24.0 Å². The van der Waals surface area contributed by atoms with Crippen LogP contribution in [-0.4, -0.2) is 80.8 Å². The zero-order valence-electron chi connectivity index (χ0n) is 21.9. The topological polar surface area (TPSA) is 86.8 Å². The SMILES string of the molecule is CN1C(=O)[C@@H](F)C[C@H]1C(=O)N1CCC2(S(=O)(=O)c3cccc(F)c3)c3ccc(C(F)(C(F)(F)F)C(F)(F)F)cc3NCC12. The van der Waals surface area contributed by atoms with Gasteiger partial charge in [0.25, 0.3) is 5.91 Å². The smallest absolute Gasteiger partial charge is 0.383 e. The standard InChI is InChI=1S/C26H22F9N3O4S/c1-37-19(11-17(28)21(37)39)22(40)38-8-7-23(43(41,42)15-4-2-3-14(27)10-15)16-6-5-13(9-18(16)36-12-20(23)38)24(29,25(30,31)32)26(33,34)35/h2-6,9-10,17,19-20,36H,7-8,11-12H2,1H3/t17-,19-,20?,23?/m0/s1. The number of nitrogens with one attached hydrogen (secondary N) is 1. The number of likely N-dealkylation sites (tertiary alicyclic amines) is 2. The van der Waals surface area contributed by atoms with E-state index in [1.165, 1.54) is 7.05 Å². The molecular formula is C26H22F9N3O4S. The number of amides is 2. The first-order chi connectivity index (χ1) is 19.8. The van der Waals surface area contributed by atoms with Crippen molar-refractivity contribution >= 4 is 27.3 Å². The van der Waals surface area contributed by atoms with Crippen molar-refractivity contribution in [1.82, 2.24) is 9.80 Å². The number of anilines is 1. The molecule has 4 atom stereocenters. The van der Waals surface area contributed by atoms with E-state index in [1.807, 2.05) is 0 Å². The summed E-state index contributed by atoms with van der Waals surface area (Å²) in [6, 6.07) is 2.01. The van der Waals surface area contributed by atoms with Gasteiger partial charge in [-0.05, 0) is 36.2 Å². The molecule has 5 rings (SSSR count). The van der Waals surface area contributed by atoms with E-state index in [0.717, 1.165) is 28.0 Å². The largest absolute Gasteiger partial charge is 0.435 e. The third-order valence-corrected chi connectivity index (χ3v) is 11.0. The summed E-state index contributed by atoms with van der Waals surface area (Å²) in [6.45, 7) is -0.897. The van der Waals surface area contributed by atoms with Gasteiger partial charge < -0.3 is 15.1 Å². The van der Waals surface area contributed by atoms with Crippen molar-refractivity contribution in [3.63, 3.8) is 0 Å². The Hall–Kier alpha value is -3.50. The Bertz CT molecular complexity index is 1580. The Kier molecular flexibility index (Phi) is 7.02. The predicted molar refractivity (Wildman–Crippen MR) is 131 cm³/mol. The molecule has 234 valence electrons. The van der Waals surface area contributed by atoms with Crippen LogP contribution in [-0.2, 0) is 29.8 Å². The summed E-state index contributed by atoms with van der Waals surface area (Å²) in [5, 5.41) is 2.52. The third-order valence-electron chi connectivity index (χ3n) is 8.45. The summed E-state index contributed by atoms with van der Waals surface area (Å²) < 4.78 is 150. The fourth-order valence-corrected chi connectivity index (χ4v) is 8.61. The van der Waals surface area contributed by atoms with Crippen molar-refractivity contribution in [2.45, 2.75) is 58.8 Å². The lowest BCUT2D eigenvalue weighted by molar-refractivity contribution is -0.348. The molecule has 3 aliphatic heterocycles. The number of sulfone groups is 1. The lowest BCUT2D eigenvalue weighted by Crippen LogP contribution is -2.58. The first kappa shape index (κ1) is 30.9. The van der Waals surface area contributed by atoms with Crippen LogP contribution in [0.4, 0.5) is 45.2 Å². The van der Waals surface area contributed by atoms with Gasteiger partial charge >= 0.3 is 18.0 Å². The monoisotopic (exact) mass is 643 g/mol. The first-order valence-corrected chi connectivity index (χ1v) is 14.2. The highest BCUT2D eigenvalue weighted by Crippen LogP contribution is 2.57. The van der Waals surface area contributed by atoms with Crippen LogP contribution in [0.2, 0.25) is 0 Å². The first-order valence-electron chi connectivity index (χ1n) is 12.7. The van der Waals surface area contributed by atoms with Gasteiger partial charge in [-0.2, -0.15) is 26.3 Å². The van der Waals surface area contributed by atoms with E-state index in [-0.39, 0.29) is 24.2 Å². The van der Waals surface area contributed by atoms with Gasteiger partial charge in [-0.25, -0.2) is 21.6 Å². The zero-order chi connectivity index (χ0) is 31.9. The Labute approximate surface area is 238 Å². The molecule has 3 aliphatic rings. The molecule has 0 aromatic heterocycles. The molecule has 43 heavy (non-hydrogen) atoms. The highest BCUT2D eigenvalue weighted by atomic mass is 32.2. The molecule has 2 aromatic rings. The minimum Gasteiger partial charge on any atom is -0.383 e. The predicted octanol–water partition coefficient (Wildman–Crippen LogP) is 4.38. The second-order valence-electron chi connectivity index (χ2n) is 10.6. The molecule has 7 nitrogen and oxygen atoms in total. The Morgan fingerprint density at radius 2 is 1.67 bits per heavy atom. The molecule has 2 aromatic carbocycles. The molecule has 0 bridgehead atoms. The Morgan fingerprint density at radius 3 is 2.23 bits per heavy atom. The number of nitrogens with zero attached hydrogens (tertiary/aromatic N) is 2. The van der Waals surface area contributed by atoms with Crippen molar-refractivity contribution < 1.29 is 57.5 Å². The molecule has 2 unspecified atom stereocenters. The fourth-order valence-electron chi connectivity index (χ4n) is 6.27. The van der Waals surface area contributed by atoms with Crippen LogP contribution in [0, 0.1) is 5.82 Å². The molecule has 0 saturated carbocycles. The molecule has 0 aliphatic carbocycles. The number of benzene rings is 2. The van der Waals surface area contributed by atoms with E-state index in [9.17, 15) is 57.5 Å². The number of rotatable bonds is 4. The van der Waals surface area contributed by atoms with E-state index < -0.39 is 104 Å². The molecule has 3 heterocycles. The second-order valence-corrected chi connectivity index (χ2v) is 12.8. The van der Waals surface area contributed by atoms with E-state index in [4.69, 9.17) is 0 Å². The lowest BCUT2D eigenvalue weighted by Gasteiger charge is -2.44. The van der Waals surface area contributed by atoms with Crippen LogP contribution in [0.5, 0.6) is 0 Å². The number of carbonyl (C=O) groups excluding carboxylic acids is 2. The summed E-state index contributed by atoms with van der Waals surface area (Å²) in [6.07, 6.45) is -15.8. The second kappa shape index (κ2) is 9.75. The van der Waals surface area contributed by atoms with Crippen LogP contribution in [0.25, 0.3) is 0 Å². The third kappa shape index (κ3) is 4.28. The molecule has 2 fully saturated rings. The maximum atomic E-state index is 14.9. The molecular weight excluding hydrogens is 621 g/mol. The van der Waals surface area contributed by atoms with Crippen LogP contribution >= 0.6 is 0 Å². The normalized spacial score (nSPS) is 26.3. The van der Waals surface area contributed by atoms with E-state index in [2.05, 4.69) is 5.32 Å². The highest BCUT2D eigenvalue weighted by Gasteiger charge is 2.74. The molecule has 0 spiro atoms. The number of likely N-dealkylation sites (N-methyl/N-ethyl adjacent to an activating group) is 1. The Balaban J connectivity index is 1.69. The number of fused-ring (bicyclic) bond motifs is 3. The minimum absolute atomic E-state index is 0.175. The van der Waals surface area contributed by atoms with Gasteiger partial charge in [0.1, 0.15) is 16.6 Å². The van der Waals surface area contributed by atoms with Crippen molar-refractivity contribution in [1.29, 1.82) is 0 Å². The summed E-state index contributed by atoms with van der Waals surface area (Å²) in [5.41, 5.74) is -8.61. The van der Waals surface area contributed by atoms with Gasteiger partial charge in [0.15, 0.2) is 16.0 Å². The van der Waals surface area contributed by atoms with Gasteiger partial charge in [0, 0.05) is 37.8 Å². The molecule has 2 amide bonds. The zero-order valence-corrected chi connectivity index (χ0v) is 22.8. The highest BCUT2D eigenvalue weighted by molar-refractivity contribution is 7.92. The summed E-state index contributed by atoms with van der Waals surface area (Å²) >= 11 is 0. The fraction of sp³-hybridized carbons (Fsp3) is 0.462. The quantitative estimate of drug-likeness (QED) is 0.501. The average Bonchev–Trinajstić information content (AvgIpc) is 3.45. The molecule has 1 N–H and O–H groups in total.